The molecular formula is C13H21N3O3. The van der Waals surface area contributed by atoms with Crippen LogP contribution in [0.1, 0.15) is 39.5 Å². The molecule has 2 N–H and O–H groups in total. The SMILES string of the molecule is CC(C)N(CCC#N)C(=O)N[C@@H](CC1CC1)C(=O)O. The van der Waals surface area contributed by atoms with Gasteiger partial charge in [-0.2, -0.15) is 5.26 Å². The zero-order chi connectivity index (χ0) is 14.4. The summed E-state index contributed by atoms with van der Waals surface area (Å²) in [4.78, 5) is 24.7. The standard InChI is InChI=1S/C13H21N3O3/c1-9(2)16(7-3-6-14)13(19)15-11(12(17)18)8-10-4-5-10/h9-11H,3-5,7-8H2,1-2H3,(H,15,19)(H,17,18)/t11-/m0/s1. The molecule has 0 aromatic rings. The summed E-state index contributed by atoms with van der Waals surface area (Å²) in [7, 11) is 0. The number of carbonyl (C=O) groups is 2. The second-order valence-corrected chi connectivity index (χ2v) is 5.21. The van der Waals surface area contributed by atoms with E-state index in [9.17, 15) is 9.59 Å². The van der Waals surface area contributed by atoms with Gasteiger partial charge in [0.2, 0.25) is 0 Å². The number of nitriles is 1. The van der Waals surface area contributed by atoms with Crippen molar-refractivity contribution in [3.63, 3.8) is 0 Å². The third-order valence-corrected chi connectivity index (χ3v) is 3.21. The Morgan fingerprint density at radius 3 is 2.53 bits per heavy atom. The first-order valence-electron chi connectivity index (χ1n) is 6.62. The third-order valence-electron chi connectivity index (χ3n) is 3.21. The molecule has 1 aliphatic carbocycles. The van der Waals surface area contributed by atoms with Crippen LogP contribution in [-0.2, 0) is 4.79 Å². The fraction of sp³-hybridized carbons (Fsp3) is 0.769. The van der Waals surface area contributed by atoms with Crippen molar-refractivity contribution in [1.29, 1.82) is 5.26 Å². The summed E-state index contributed by atoms with van der Waals surface area (Å²) >= 11 is 0. The number of aliphatic carboxylic acids is 1. The Bertz CT molecular complexity index is 372. The van der Waals surface area contributed by atoms with Crippen LogP contribution in [0.25, 0.3) is 0 Å². The Morgan fingerprint density at radius 1 is 1.47 bits per heavy atom. The van der Waals surface area contributed by atoms with Crippen LogP contribution in [-0.4, -0.2) is 40.6 Å². The van der Waals surface area contributed by atoms with E-state index in [1.165, 1.54) is 4.90 Å². The molecule has 0 heterocycles. The van der Waals surface area contributed by atoms with Crippen molar-refractivity contribution < 1.29 is 14.7 Å². The van der Waals surface area contributed by atoms with Gasteiger partial charge in [0, 0.05) is 12.6 Å². The Balaban J connectivity index is 2.56. The van der Waals surface area contributed by atoms with Gasteiger partial charge < -0.3 is 15.3 Å². The highest BCUT2D eigenvalue weighted by Crippen LogP contribution is 2.33. The van der Waals surface area contributed by atoms with Crippen molar-refractivity contribution in [3.8, 4) is 6.07 Å². The summed E-state index contributed by atoms with van der Waals surface area (Å²) in [5, 5.41) is 20.2. The summed E-state index contributed by atoms with van der Waals surface area (Å²) in [5.41, 5.74) is 0. The van der Waals surface area contributed by atoms with Gasteiger partial charge in [0.05, 0.1) is 12.5 Å². The predicted octanol–water partition coefficient (Wildman–Crippen LogP) is 1.57. The smallest absolute Gasteiger partial charge is 0.326 e. The minimum atomic E-state index is -0.996. The van der Waals surface area contributed by atoms with E-state index in [-0.39, 0.29) is 12.5 Å². The zero-order valence-corrected chi connectivity index (χ0v) is 11.4. The van der Waals surface area contributed by atoms with Gasteiger partial charge >= 0.3 is 12.0 Å². The number of nitrogens with one attached hydrogen (secondary N) is 1. The maximum absolute atomic E-state index is 12.0. The molecule has 0 spiro atoms. The molecule has 106 valence electrons. The molecule has 2 amide bonds. The van der Waals surface area contributed by atoms with Gasteiger partial charge in [0.25, 0.3) is 0 Å². The topological polar surface area (TPSA) is 93.4 Å². The molecule has 1 fully saturated rings. The molecule has 0 aliphatic heterocycles. The summed E-state index contributed by atoms with van der Waals surface area (Å²) in [6.45, 7) is 4.00. The van der Waals surface area contributed by atoms with Gasteiger partial charge in [-0.1, -0.05) is 12.8 Å². The lowest BCUT2D eigenvalue weighted by Gasteiger charge is -2.27. The second-order valence-electron chi connectivity index (χ2n) is 5.21. The van der Waals surface area contributed by atoms with Crippen LogP contribution in [0.2, 0.25) is 0 Å². The summed E-state index contributed by atoms with van der Waals surface area (Å²) in [6.07, 6.45) is 2.82. The molecule has 6 heteroatoms. The van der Waals surface area contributed by atoms with Gasteiger partial charge in [0.15, 0.2) is 0 Å². The Labute approximate surface area is 113 Å². The van der Waals surface area contributed by atoms with Crippen LogP contribution in [0.3, 0.4) is 0 Å². The van der Waals surface area contributed by atoms with E-state index in [4.69, 9.17) is 10.4 Å². The van der Waals surface area contributed by atoms with E-state index in [0.717, 1.165) is 12.8 Å². The summed E-state index contributed by atoms with van der Waals surface area (Å²) in [6, 6.07) is 0.688. The third kappa shape index (κ3) is 5.16. The van der Waals surface area contributed by atoms with Crippen LogP contribution in [0.5, 0.6) is 0 Å². The van der Waals surface area contributed by atoms with Crippen molar-refractivity contribution >= 4 is 12.0 Å². The zero-order valence-electron chi connectivity index (χ0n) is 11.4. The minimum Gasteiger partial charge on any atom is -0.480 e. The molecule has 0 aromatic heterocycles. The highest BCUT2D eigenvalue weighted by Gasteiger charge is 2.31. The van der Waals surface area contributed by atoms with Crippen molar-refractivity contribution in [2.24, 2.45) is 5.92 Å². The molecule has 1 atom stereocenters. The monoisotopic (exact) mass is 267 g/mol. The number of urea groups is 1. The number of amides is 2. The molecule has 0 bridgehead atoms. The van der Waals surface area contributed by atoms with E-state index in [1.54, 1.807) is 0 Å². The molecule has 6 nitrogen and oxygen atoms in total. The average molecular weight is 267 g/mol. The van der Waals surface area contributed by atoms with Crippen LogP contribution in [0.4, 0.5) is 4.79 Å². The maximum Gasteiger partial charge on any atom is 0.326 e. The van der Waals surface area contributed by atoms with Gasteiger partial charge in [-0.25, -0.2) is 9.59 Å². The lowest BCUT2D eigenvalue weighted by Crippen LogP contribution is -2.50. The number of nitrogens with zero attached hydrogens (tertiary/aromatic N) is 2. The molecule has 0 radical (unpaired) electrons. The van der Waals surface area contributed by atoms with Crippen molar-refractivity contribution in [2.45, 2.75) is 51.6 Å². The molecule has 1 saturated carbocycles. The number of carbonyl (C=O) groups excluding carboxylic acids is 1. The van der Waals surface area contributed by atoms with Gasteiger partial charge in [0.1, 0.15) is 6.04 Å². The number of carboxylic acid groups (broad SMARTS) is 1. The van der Waals surface area contributed by atoms with Gasteiger partial charge in [-0.3, -0.25) is 0 Å². The highest BCUT2D eigenvalue weighted by atomic mass is 16.4. The van der Waals surface area contributed by atoms with Gasteiger partial charge in [-0.15, -0.1) is 0 Å². The molecule has 1 aliphatic rings. The number of carboxylic acids is 1. The predicted molar refractivity (Wildman–Crippen MR) is 69.4 cm³/mol. The average Bonchev–Trinajstić information content (AvgIpc) is 3.12. The largest absolute Gasteiger partial charge is 0.480 e. The molecule has 19 heavy (non-hydrogen) atoms. The first-order chi connectivity index (χ1) is 8.95. The van der Waals surface area contributed by atoms with E-state index in [2.05, 4.69) is 5.32 Å². The van der Waals surface area contributed by atoms with Crippen LogP contribution < -0.4 is 5.32 Å². The number of hydrogen-bond donors (Lipinski definition) is 2. The molecular weight excluding hydrogens is 246 g/mol. The first-order valence-corrected chi connectivity index (χ1v) is 6.62. The van der Waals surface area contributed by atoms with E-state index < -0.39 is 18.0 Å². The minimum absolute atomic E-state index is 0.0660. The molecule has 1 rings (SSSR count). The summed E-state index contributed by atoms with van der Waals surface area (Å²) in [5.74, 6) is -0.572. The lowest BCUT2D eigenvalue weighted by molar-refractivity contribution is -0.139. The van der Waals surface area contributed by atoms with Crippen LogP contribution >= 0.6 is 0 Å². The van der Waals surface area contributed by atoms with Gasteiger partial charge in [-0.05, 0) is 26.2 Å². The normalized spacial score (nSPS) is 15.7. The van der Waals surface area contributed by atoms with Crippen molar-refractivity contribution in [2.75, 3.05) is 6.54 Å². The first kappa shape index (κ1) is 15.3. The lowest BCUT2D eigenvalue weighted by atomic mass is 10.1. The number of hydrogen-bond acceptors (Lipinski definition) is 3. The van der Waals surface area contributed by atoms with Crippen LogP contribution in [0, 0.1) is 17.2 Å². The fourth-order valence-corrected chi connectivity index (χ4v) is 1.91. The van der Waals surface area contributed by atoms with Crippen molar-refractivity contribution in [3.05, 3.63) is 0 Å². The number of rotatable bonds is 7. The van der Waals surface area contributed by atoms with E-state index in [0.29, 0.717) is 18.9 Å². The quantitative estimate of drug-likeness (QED) is 0.732. The maximum atomic E-state index is 12.0. The Morgan fingerprint density at radius 2 is 2.11 bits per heavy atom. The van der Waals surface area contributed by atoms with Crippen LogP contribution in [0.15, 0.2) is 0 Å². The van der Waals surface area contributed by atoms with E-state index in [1.807, 2.05) is 19.9 Å². The Hall–Kier alpha value is -1.77. The van der Waals surface area contributed by atoms with E-state index >= 15 is 0 Å². The fourth-order valence-electron chi connectivity index (χ4n) is 1.91. The Kier molecular flexibility index (Phi) is 5.61. The summed E-state index contributed by atoms with van der Waals surface area (Å²) < 4.78 is 0. The molecule has 0 unspecified atom stereocenters. The molecule has 0 saturated heterocycles. The second kappa shape index (κ2) is 6.98. The molecule has 0 aromatic carbocycles. The highest BCUT2D eigenvalue weighted by molar-refractivity contribution is 5.82. The van der Waals surface area contributed by atoms with Crippen molar-refractivity contribution in [1.82, 2.24) is 10.2 Å².